The Hall–Kier alpha value is -3.55. The van der Waals surface area contributed by atoms with E-state index in [-0.39, 0.29) is 36.9 Å². The second-order valence-electron chi connectivity index (χ2n) is 6.97. The molecule has 0 aliphatic carbocycles. The Morgan fingerprint density at radius 3 is 2.45 bits per heavy atom. The van der Waals surface area contributed by atoms with Gasteiger partial charge in [0.1, 0.15) is 0 Å². The van der Waals surface area contributed by atoms with Crippen LogP contribution in [0.1, 0.15) is 6.92 Å². The number of ether oxygens (including phenoxy) is 2. The van der Waals surface area contributed by atoms with Gasteiger partial charge < -0.3 is 14.8 Å². The number of anilines is 1. The van der Waals surface area contributed by atoms with Crippen molar-refractivity contribution in [2.24, 2.45) is 0 Å². The highest BCUT2D eigenvalue weighted by atomic mass is 32.2. The highest BCUT2D eigenvalue weighted by molar-refractivity contribution is 7.89. The van der Waals surface area contributed by atoms with Gasteiger partial charge in [0.25, 0.3) is 5.91 Å². The molecular weight excluding hydrogens is 456 g/mol. The van der Waals surface area contributed by atoms with E-state index in [1.807, 2.05) is 0 Å². The molecule has 1 fully saturated rings. The first-order valence-corrected chi connectivity index (χ1v) is 11.3. The van der Waals surface area contributed by atoms with E-state index in [0.717, 1.165) is 12.1 Å². The van der Waals surface area contributed by atoms with Crippen LogP contribution in [-0.4, -0.2) is 62.0 Å². The molecule has 33 heavy (non-hydrogen) atoms. The first-order chi connectivity index (χ1) is 15.7. The number of urea groups is 1. The number of nitro groups is 1. The van der Waals surface area contributed by atoms with Crippen molar-refractivity contribution in [3.05, 3.63) is 58.6 Å². The van der Waals surface area contributed by atoms with Crippen LogP contribution in [0.2, 0.25) is 0 Å². The molecule has 1 aliphatic rings. The lowest BCUT2D eigenvalue weighted by atomic mass is 10.3. The summed E-state index contributed by atoms with van der Waals surface area (Å²) in [6, 6.07) is 10.8. The molecule has 1 unspecified atom stereocenters. The molecule has 0 saturated carbocycles. The Balaban J connectivity index is 1.71. The van der Waals surface area contributed by atoms with Crippen molar-refractivity contribution in [1.29, 1.82) is 0 Å². The predicted molar refractivity (Wildman–Crippen MR) is 116 cm³/mol. The average molecular weight is 478 g/mol. The molecule has 0 aromatic heterocycles. The highest BCUT2D eigenvalue weighted by Gasteiger charge is 2.30. The summed E-state index contributed by atoms with van der Waals surface area (Å²) in [5.74, 6) is -1.16. The smallest absolute Gasteiger partial charge is 0.325 e. The maximum absolute atomic E-state index is 12.8. The Morgan fingerprint density at radius 1 is 1.15 bits per heavy atom. The lowest BCUT2D eigenvalue weighted by Gasteiger charge is -2.26. The summed E-state index contributed by atoms with van der Waals surface area (Å²) in [6.45, 7) is 2.03. The van der Waals surface area contributed by atoms with Gasteiger partial charge in [0.05, 0.1) is 23.0 Å². The van der Waals surface area contributed by atoms with Crippen molar-refractivity contribution < 1.29 is 32.4 Å². The molecule has 12 nitrogen and oxygen atoms in total. The third kappa shape index (κ3) is 6.03. The molecule has 0 bridgehead atoms. The van der Waals surface area contributed by atoms with Crippen LogP contribution in [0.3, 0.4) is 0 Å². The van der Waals surface area contributed by atoms with E-state index in [9.17, 15) is 28.1 Å². The maximum Gasteiger partial charge on any atom is 0.325 e. The molecule has 3 rings (SSSR count). The number of morpholine rings is 1. The monoisotopic (exact) mass is 478 g/mol. The summed E-state index contributed by atoms with van der Waals surface area (Å²) < 4.78 is 37.2. The van der Waals surface area contributed by atoms with Gasteiger partial charge in [-0.3, -0.25) is 20.2 Å². The number of nitro benzene ring substituents is 1. The van der Waals surface area contributed by atoms with Crippen LogP contribution < -0.4 is 15.4 Å². The van der Waals surface area contributed by atoms with Crippen molar-refractivity contribution in [3.8, 4) is 5.75 Å². The van der Waals surface area contributed by atoms with Crippen molar-refractivity contribution in [3.63, 3.8) is 0 Å². The zero-order chi connectivity index (χ0) is 24.0. The molecule has 0 radical (unpaired) electrons. The number of nitrogens with zero attached hydrogens (tertiary/aromatic N) is 2. The highest BCUT2D eigenvalue weighted by Crippen LogP contribution is 2.31. The maximum atomic E-state index is 12.8. The van der Waals surface area contributed by atoms with Crippen LogP contribution in [0.15, 0.2) is 53.4 Å². The number of carbonyl (C=O) groups excluding carboxylic acids is 2. The third-order valence-corrected chi connectivity index (χ3v) is 6.57. The normalized spacial score (nSPS) is 15.3. The SMILES string of the molecule is CC(Oc1ccc(S(=O)(=O)N2CCOCC2)cc1[N+](=O)[O-])C(=O)NC(=O)Nc1ccccc1. The quantitative estimate of drug-likeness (QED) is 0.450. The average Bonchev–Trinajstić information content (AvgIpc) is 2.80. The van der Waals surface area contributed by atoms with Crippen LogP contribution in [0, 0.1) is 10.1 Å². The predicted octanol–water partition coefficient (Wildman–Crippen LogP) is 1.73. The Morgan fingerprint density at radius 2 is 1.82 bits per heavy atom. The van der Waals surface area contributed by atoms with Crippen LogP contribution in [0.5, 0.6) is 5.75 Å². The molecule has 0 spiro atoms. The Kier molecular flexibility index (Phi) is 7.58. The number of benzene rings is 2. The van der Waals surface area contributed by atoms with E-state index in [1.54, 1.807) is 30.3 Å². The molecule has 1 aliphatic heterocycles. The summed E-state index contributed by atoms with van der Waals surface area (Å²) in [5, 5.41) is 16.1. The summed E-state index contributed by atoms with van der Waals surface area (Å²) in [7, 11) is -3.96. The van der Waals surface area contributed by atoms with Crippen LogP contribution in [0.4, 0.5) is 16.2 Å². The van der Waals surface area contributed by atoms with E-state index in [4.69, 9.17) is 9.47 Å². The zero-order valence-electron chi connectivity index (χ0n) is 17.6. The largest absolute Gasteiger partial charge is 0.474 e. The van der Waals surface area contributed by atoms with Crippen LogP contribution >= 0.6 is 0 Å². The molecule has 3 amide bonds. The number of rotatable bonds is 7. The topological polar surface area (TPSA) is 157 Å². The van der Waals surface area contributed by atoms with Gasteiger partial charge in [-0.05, 0) is 31.2 Å². The van der Waals surface area contributed by atoms with Crippen molar-refractivity contribution in [2.45, 2.75) is 17.9 Å². The van der Waals surface area contributed by atoms with Gasteiger partial charge in [0, 0.05) is 24.8 Å². The number of hydrogen-bond acceptors (Lipinski definition) is 8. The van der Waals surface area contributed by atoms with E-state index in [2.05, 4.69) is 10.6 Å². The lowest BCUT2D eigenvalue weighted by Crippen LogP contribution is -2.42. The number of imide groups is 1. The third-order valence-electron chi connectivity index (χ3n) is 4.68. The molecule has 2 aromatic carbocycles. The first kappa shape index (κ1) is 24.1. The molecular formula is C20H22N4O8S. The molecule has 1 atom stereocenters. The minimum Gasteiger partial charge on any atom is -0.474 e. The number of sulfonamides is 1. The fraction of sp³-hybridized carbons (Fsp3) is 0.300. The molecule has 1 heterocycles. The van der Waals surface area contributed by atoms with Gasteiger partial charge >= 0.3 is 11.7 Å². The lowest BCUT2D eigenvalue weighted by molar-refractivity contribution is -0.386. The fourth-order valence-corrected chi connectivity index (χ4v) is 4.41. The van der Waals surface area contributed by atoms with E-state index >= 15 is 0 Å². The number of amides is 3. The van der Waals surface area contributed by atoms with E-state index in [0.29, 0.717) is 5.69 Å². The first-order valence-electron chi connectivity index (χ1n) is 9.88. The van der Waals surface area contributed by atoms with E-state index in [1.165, 1.54) is 17.3 Å². The fourth-order valence-electron chi connectivity index (χ4n) is 2.98. The van der Waals surface area contributed by atoms with E-state index < -0.39 is 38.7 Å². The molecule has 2 N–H and O–H groups in total. The van der Waals surface area contributed by atoms with Gasteiger partial charge in [-0.2, -0.15) is 4.31 Å². The van der Waals surface area contributed by atoms with Crippen molar-refractivity contribution >= 4 is 33.3 Å². The Bertz CT molecular complexity index is 1130. The molecule has 13 heteroatoms. The number of nitrogens with one attached hydrogen (secondary N) is 2. The summed E-state index contributed by atoms with van der Waals surface area (Å²) in [6.07, 6.45) is -1.29. The van der Waals surface area contributed by atoms with Crippen LogP contribution in [0.25, 0.3) is 0 Å². The van der Waals surface area contributed by atoms with Crippen LogP contribution in [-0.2, 0) is 19.6 Å². The second kappa shape index (κ2) is 10.4. The van der Waals surface area contributed by atoms with Gasteiger partial charge in [0.2, 0.25) is 10.0 Å². The second-order valence-corrected chi connectivity index (χ2v) is 8.91. The summed E-state index contributed by atoms with van der Waals surface area (Å²) >= 11 is 0. The number of hydrogen-bond donors (Lipinski definition) is 2. The zero-order valence-corrected chi connectivity index (χ0v) is 18.4. The molecule has 1 saturated heterocycles. The minimum absolute atomic E-state index is 0.136. The van der Waals surface area contributed by atoms with Crippen molar-refractivity contribution in [1.82, 2.24) is 9.62 Å². The minimum atomic E-state index is -3.96. The van der Waals surface area contributed by atoms with Crippen molar-refractivity contribution in [2.75, 3.05) is 31.6 Å². The van der Waals surface area contributed by atoms with Gasteiger partial charge in [-0.15, -0.1) is 0 Å². The van der Waals surface area contributed by atoms with Gasteiger partial charge in [0.15, 0.2) is 11.9 Å². The van der Waals surface area contributed by atoms with Gasteiger partial charge in [-0.1, -0.05) is 18.2 Å². The van der Waals surface area contributed by atoms with Gasteiger partial charge in [-0.25, -0.2) is 13.2 Å². The number of carbonyl (C=O) groups is 2. The number of para-hydroxylation sites is 1. The summed E-state index contributed by atoms with van der Waals surface area (Å²) in [5.41, 5.74) is -0.165. The summed E-state index contributed by atoms with van der Waals surface area (Å²) in [4.78, 5) is 34.7. The molecule has 2 aromatic rings. The standard InChI is InChI=1S/C20H22N4O8S/c1-14(19(25)22-20(26)21-15-5-3-2-4-6-15)32-18-8-7-16(13-17(18)24(27)28)33(29,30)23-9-11-31-12-10-23/h2-8,13-14H,9-12H2,1H3,(H2,21,22,25,26). The Labute approximate surface area is 189 Å². The molecule has 176 valence electrons.